The third-order valence-corrected chi connectivity index (χ3v) is 8.45. The van der Waals surface area contributed by atoms with Crippen molar-refractivity contribution < 1.29 is 0 Å². The second-order valence-electron chi connectivity index (χ2n) is 10.9. The van der Waals surface area contributed by atoms with Crippen molar-refractivity contribution in [3.05, 3.63) is 170 Å². The summed E-state index contributed by atoms with van der Waals surface area (Å²) >= 11 is 0. The molecule has 0 fully saturated rings. The van der Waals surface area contributed by atoms with Gasteiger partial charge in [0.15, 0.2) is 0 Å². The highest BCUT2D eigenvalue weighted by Crippen LogP contribution is 2.44. The third kappa shape index (κ3) is 4.08. The molecule has 0 radical (unpaired) electrons. The highest BCUT2D eigenvalue weighted by molar-refractivity contribution is 6.31. The summed E-state index contributed by atoms with van der Waals surface area (Å²) in [5, 5.41) is 7.75. The monoisotopic (exact) mass is 532 g/mol. The van der Waals surface area contributed by atoms with Crippen LogP contribution in [0.15, 0.2) is 170 Å². The number of benzene rings is 8. The van der Waals surface area contributed by atoms with E-state index in [0.29, 0.717) is 0 Å². The molecule has 8 rings (SSSR count). The number of hydrogen-bond donors (Lipinski definition) is 0. The van der Waals surface area contributed by atoms with E-state index in [1.54, 1.807) is 0 Å². The zero-order valence-electron chi connectivity index (χ0n) is 23.2. The van der Waals surface area contributed by atoms with Crippen LogP contribution in [-0.2, 0) is 0 Å². The Morgan fingerprint density at radius 1 is 0.214 bits per heavy atom. The Balaban J connectivity index is 1.46. The summed E-state index contributed by atoms with van der Waals surface area (Å²) in [5.41, 5.74) is 9.89. The van der Waals surface area contributed by atoms with Crippen molar-refractivity contribution in [2.24, 2.45) is 0 Å². The predicted octanol–water partition coefficient (Wildman–Crippen LogP) is 11.8. The van der Waals surface area contributed by atoms with E-state index >= 15 is 0 Å². The first-order valence-electron chi connectivity index (χ1n) is 14.5. The van der Waals surface area contributed by atoms with E-state index in [2.05, 4.69) is 170 Å². The molecule has 0 atom stereocenters. The predicted molar refractivity (Wildman–Crippen MR) is 181 cm³/mol. The molecule has 8 aromatic rings. The third-order valence-electron chi connectivity index (χ3n) is 8.45. The molecule has 0 aliphatic heterocycles. The first kappa shape index (κ1) is 24.3. The Kier molecular flexibility index (Phi) is 5.90. The van der Waals surface area contributed by atoms with E-state index in [-0.39, 0.29) is 0 Å². The summed E-state index contributed by atoms with van der Waals surface area (Å²) < 4.78 is 0. The maximum atomic E-state index is 2.34. The summed E-state index contributed by atoms with van der Waals surface area (Å²) in [6.07, 6.45) is 0. The van der Waals surface area contributed by atoms with Gasteiger partial charge in [0, 0.05) is 0 Å². The lowest BCUT2D eigenvalue weighted by molar-refractivity contribution is 1.60. The maximum absolute atomic E-state index is 2.34. The van der Waals surface area contributed by atoms with Gasteiger partial charge in [-0.3, -0.25) is 0 Å². The largest absolute Gasteiger partial charge is 0.0622 e. The zero-order valence-corrected chi connectivity index (χ0v) is 23.2. The molecule has 0 saturated heterocycles. The van der Waals surface area contributed by atoms with Crippen LogP contribution in [0.5, 0.6) is 0 Å². The molecular formula is C42H28. The van der Waals surface area contributed by atoms with Crippen molar-refractivity contribution in [3.63, 3.8) is 0 Å². The standard InChI is InChI=1S/C42H28/c1-3-13-29(14-4-1)31-17-9-19-33(27-31)35-23-11-25-39-37-21-7-8-22-38(37)40-26-12-24-36(42(40)41(35)39)34-20-10-18-32(28-34)30-15-5-2-6-16-30/h1-28H. The van der Waals surface area contributed by atoms with Crippen LogP contribution in [-0.4, -0.2) is 0 Å². The first-order chi connectivity index (χ1) is 20.8. The van der Waals surface area contributed by atoms with Crippen LogP contribution < -0.4 is 0 Å². The van der Waals surface area contributed by atoms with E-state index in [1.165, 1.54) is 76.8 Å². The van der Waals surface area contributed by atoms with Crippen molar-refractivity contribution in [3.8, 4) is 44.5 Å². The van der Waals surface area contributed by atoms with Gasteiger partial charge in [0.25, 0.3) is 0 Å². The van der Waals surface area contributed by atoms with Gasteiger partial charge in [-0.2, -0.15) is 0 Å². The molecule has 0 aromatic heterocycles. The Labute approximate surface area is 246 Å². The summed E-state index contributed by atoms with van der Waals surface area (Å²) in [6.45, 7) is 0. The molecule has 0 spiro atoms. The molecule has 42 heavy (non-hydrogen) atoms. The molecule has 196 valence electrons. The number of hydrogen-bond acceptors (Lipinski definition) is 0. The van der Waals surface area contributed by atoms with E-state index in [4.69, 9.17) is 0 Å². The molecule has 0 amide bonds. The molecular weight excluding hydrogens is 504 g/mol. The number of fused-ring (bicyclic) bond motifs is 6. The van der Waals surface area contributed by atoms with E-state index < -0.39 is 0 Å². The van der Waals surface area contributed by atoms with Gasteiger partial charge in [0.1, 0.15) is 0 Å². The van der Waals surface area contributed by atoms with Crippen molar-refractivity contribution in [2.45, 2.75) is 0 Å². The van der Waals surface area contributed by atoms with Gasteiger partial charge in [0.2, 0.25) is 0 Å². The van der Waals surface area contributed by atoms with E-state index in [1.807, 2.05) is 0 Å². The lowest BCUT2D eigenvalue weighted by Crippen LogP contribution is -1.91. The average Bonchev–Trinajstić information content (AvgIpc) is 3.09. The molecule has 0 nitrogen and oxygen atoms in total. The molecule has 0 N–H and O–H groups in total. The van der Waals surface area contributed by atoms with Crippen LogP contribution in [0.4, 0.5) is 0 Å². The Morgan fingerprint density at radius 2 is 0.548 bits per heavy atom. The van der Waals surface area contributed by atoms with Gasteiger partial charge in [-0.05, 0) is 89.0 Å². The van der Waals surface area contributed by atoms with Crippen LogP contribution >= 0.6 is 0 Å². The normalized spacial score (nSPS) is 11.3. The molecule has 0 saturated carbocycles. The number of rotatable bonds is 4. The fourth-order valence-electron chi connectivity index (χ4n) is 6.52. The van der Waals surface area contributed by atoms with Gasteiger partial charge >= 0.3 is 0 Å². The van der Waals surface area contributed by atoms with Crippen molar-refractivity contribution >= 4 is 32.3 Å². The fraction of sp³-hybridized carbons (Fsp3) is 0. The minimum absolute atomic E-state index is 1.23. The Morgan fingerprint density at radius 3 is 1.00 bits per heavy atom. The van der Waals surface area contributed by atoms with Gasteiger partial charge < -0.3 is 0 Å². The van der Waals surface area contributed by atoms with Gasteiger partial charge in [-0.1, -0.05) is 158 Å². The molecule has 0 unspecified atom stereocenters. The quantitative estimate of drug-likeness (QED) is 0.198. The van der Waals surface area contributed by atoms with Crippen molar-refractivity contribution in [2.75, 3.05) is 0 Å². The minimum Gasteiger partial charge on any atom is -0.0622 e. The minimum atomic E-state index is 1.23. The molecule has 0 heteroatoms. The topological polar surface area (TPSA) is 0 Å². The lowest BCUT2D eigenvalue weighted by Gasteiger charge is -2.18. The van der Waals surface area contributed by atoms with E-state index in [0.717, 1.165) is 0 Å². The second kappa shape index (κ2) is 10.2. The first-order valence-corrected chi connectivity index (χ1v) is 14.5. The van der Waals surface area contributed by atoms with E-state index in [9.17, 15) is 0 Å². The van der Waals surface area contributed by atoms with Gasteiger partial charge in [0.05, 0.1) is 0 Å². The van der Waals surface area contributed by atoms with Crippen LogP contribution in [0.3, 0.4) is 0 Å². The van der Waals surface area contributed by atoms with Gasteiger partial charge in [-0.15, -0.1) is 0 Å². The van der Waals surface area contributed by atoms with Crippen LogP contribution in [0.25, 0.3) is 76.8 Å². The lowest BCUT2D eigenvalue weighted by atomic mass is 9.85. The molecule has 0 heterocycles. The molecule has 0 aliphatic carbocycles. The molecule has 0 bridgehead atoms. The average molecular weight is 533 g/mol. The zero-order chi connectivity index (χ0) is 27.9. The molecule has 8 aromatic carbocycles. The highest BCUT2D eigenvalue weighted by atomic mass is 14.2. The molecule has 0 aliphatic rings. The Bertz CT molecular complexity index is 2060. The van der Waals surface area contributed by atoms with Crippen molar-refractivity contribution in [1.29, 1.82) is 0 Å². The summed E-state index contributed by atoms with van der Waals surface area (Å²) in [5.74, 6) is 0. The highest BCUT2D eigenvalue weighted by Gasteiger charge is 2.17. The fourth-order valence-corrected chi connectivity index (χ4v) is 6.52. The van der Waals surface area contributed by atoms with Crippen LogP contribution in [0, 0.1) is 0 Å². The SMILES string of the molecule is c1ccc(-c2cccc(-c3cccc4c5ccccc5c5cccc(-c6cccc(-c7ccccc7)c6)c5c34)c2)cc1. The Hall–Kier alpha value is -5.46. The van der Waals surface area contributed by atoms with Crippen molar-refractivity contribution in [1.82, 2.24) is 0 Å². The summed E-state index contributed by atoms with van der Waals surface area (Å²) in [4.78, 5) is 0. The maximum Gasteiger partial charge on any atom is -0.00141 e. The van der Waals surface area contributed by atoms with Crippen LogP contribution in [0.2, 0.25) is 0 Å². The summed E-state index contributed by atoms with van der Waals surface area (Å²) in [7, 11) is 0. The summed E-state index contributed by atoms with van der Waals surface area (Å²) in [6, 6.07) is 61.7. The second-order valence-corrected chi connectivity index (χ2v) is 10.9. The van der Waals surface area contributed by atoms with Crippen LogP contribution in [0.1, 0.15) is 0 Å². The smallest absolute Gasteiger partial charge is 0.00141 e. The van der Waals surface area contributed by atoms with Gasteiger partial charge in [-0.25, -0.2) is 0 Å².